The Morgan fingerprint density at radius 1 is 1.54 bits per heavy atom. The van der Waals surface area contributed by atoms with Gasteiger partial charge in [-0.05, 0) is 20.3 Å². The number of nitrogens with two attached hydrogens (primary N) is 1. The maximum atomic E-state index is 5.67. The molecule has 3 nitrogen and oxygen atoms in total. The third-order valence-corrected chi connectivity index (χ3v) is 2.94. The van der Waals surface area contributed by atoms with Crippen LogP contribution in [0.15, 0.2) is 0 Å². The zero-order chi connectivity index (χ0) is 9.84. The van der Waals surface area contributed by atoms with Crippen molar-refractivity contribution in [1.82, 2.24) is 4.98 Å². The van der Waals surface area contributed by atoms with Crippen molar-refractivity contribution in [2.75, 3.05) is 12.3 Å². The first kappa shape index (κ1) is 10.5. The average Bonchev–Trinajstić information content (AvgIpc) is 2.43. The minimum Gasteiger partial charge on any atom is -0.383 e. The van der Waals surface area contributed by atoms with E-state index < -0.39 is 0 Å². The van der Waals surface area contributed by atoms with Crippen molar-refractivity contribution in [1.29, 1.82) is 0 Å². The molecule has 0 aliphatic carbocycles. The summed E-state index contributed by atoms with van der Waals surface area (Å²) in [5.41, 5.74) is 5.67. The third-order valence-electron chi connectivity index (χ3n) is 1.86. The molecule has 0 aliphatic heterocycles. The van der Waals surface area contributed by atoms with Crippen LogP contribution >= 0.6 is 11.3 Å². The summed E-state index contributed by atoms with van der Waals surface area (Å²) >= 11 is 1.63. The van der Waals surface area contributed by atoms with Crippen molar-refractivity contribution < 1.29 is 4.74 Å². The van der Waals surface area contributed by atoms with E-state index in [1.165, 1.54) is 0 Å². The quantitative estimate of drug-likeness (QED) is 0.812. The number of nitrogens with zero attached hydrogens (tertiary/aromatic N) is 1. The minimum absolute atomic E-state index is 0.117. The summed E-state index contributed by atoms with van der Waals surface area (Å²) in [6, 6.07) is 0. The molecule has 74 valence electrons. The first-order valence-electron chi connectivity index (χ1n) is 4.53. The van der Waals surface area contributed by atoms with Crippen LogP contribution in [0.1, 0.15) is 36.3 Å². The lowest BCUT2D eigenvalue weighted by molar-refractivity contribution is 0.0597. The number of aromatic nitrogens is 1. The van der Waals surface area contributed by atoms with Gasteiger partial charge in [-0.1, -0.05) is 6.92 Å². The van der Waals surface area contributed by atoms with Gasteiger partial charge < -0.3 is 10.5 Å². The molecule has 0 spiro atoms. The molecule has 0 bridgehead atoms. The summed E-state index contributed by atoms with van der Waals surface area (Å²) in [6.07, 6.45) is 1.06. The normalized spacial score (nSPS) is 13.2. The second-order valence-electron chi connectivity index (χ2n) is 2.85. The van der Waals surface area contributed by atoms with Gasteiger partial charge in [0.15, 0.2) is 0 Å². The van der Waals surface area contributed by atoms with Gasteiger partial charge in [0.05, 0.1) is 0 Å². The SMILES string of the molecule is CCOC(CC)c1nc(N)c(C)s1. The largest absolute Gasteiger partial charge is 0.383 e. The van der Waals surface area contributed by atoms with Crippen LogP contribution in [0.3, 0.4) is 0 Å². The first-order valence-corrected chi connectivity index (χ1v) is 5.35. The number of hydrogen-bond acceptors (Lipinski definition) is 4. The molecular formula is C9H16N2OS. The van der Waals surface area contributed by atoms with Gasteiger partial charge in [0.25, 0.3) is 0 Å². The first-order chi connectivity index (χ1) is 6.19. The Labute approximate surface area is 82.9 Å². The van der Waals surface area contributed by atoms with Gasteiger partial charge in [0.1, 0.15) is 16.9 Å². The average molecular weight is 200 g/mol. The Bertz CT molecular complexity index is 253. The molecule has 1 atom stereocenters. The Hall–Kier alpha value is -0.610. The maximum absolute atomic E-state index is 5.67. The number of thiazole rings is 1. The Balaban J connectivity index is 2.78. The smallest absolute Gasteiger partial charge is 0.137 e. The van der Waals surface area contributed by atoms with Crippen LogP contribution in [0.25, 0.3) is 0 Å². The van der Waals surface area contributed by atoms with Gasteiger partial charge in [-0.25, -0.2) is 4.98 Å². The molecule has 1 unspecified atom stereocenters. The van der Waals surface area contributed by atoms with Gasteiger partial charge in [0, 0.05) is 11.5 Å². The van der Waals surface area contributed by atoms with E-state index in [-0.39, 0.29) is 6.10 Å². The minimum atomic E-state index is 0.117. The fourth-order valence-corrected chi connectivity index (χ4v) is 2.11. The number of aryl methyl sites for hydroxylation is 1. The standard InChI is InChI=1S/C9H16N2OS/c1-4-7(12-5-2)9-11-8(10)6(3)13-9/h7H,4-5,10H2,1-3H3. The second kappa shape index (κ2) is 4.58. The molecule has 1 heterocycles. The van der Waals surface area contributed by atoms with Crippen molar-refractivity contribution in [3.63, 3.8) is 0 Å². The molecule has 0 radical (unpaired) electrons. The fourth-order valence-electron chi connectivity index (χ4n) is 1.13. The molecule has 0 fully saturated rings. The Morgan fingerprint density at radius 3 is 2.62 bits per heavy atom. The molecule has 0 aliphatic rings. The van der Waals surface area contributed by atoms with Gasteiger partial charge in [-0.3, -0.25) is 0 Å². The van der Waals surface area contributed by atoms with Crippen LogP contribution in [0.4, 0.5) is 5.82 Å². The number of nitrogen functional groups attached to an aromatic ring is 1. The van der Waals surface area contributed by atoms with Crippen molar-refractivity contribution in [3.8, 4) is 0 Å². The van der Waals surface area contributed by atoms with Crippen molar-refractivity contribution in [2.24, 2.45) is 0 Å². The van der Waals surface area contributed by atoms with E-state index in [0.29, 0.717) is 5.82 Å². The molecule has 0 saturated carbocycles. The van der Waals surface area contributed by atoms with Crippen molar-refractivity contribution in [3.05, 3.63) is 9.88 Å². The van der Waals surface area contributed by atoms with Gasteiger partial charge >= 0.3 is 0 Å². The van der Waals surface area contributed by atoms with Gasteiger partial charge in [0.2, 0.25) is 0 Å². The summed E-state index contributed by atoms with van der Waals surface area (Å²) in [5.74, 6) is 0.637. The van der Waals surface area contributed by atoms with E-state index in [4.69, 9.17) is 10.5 Å². The number of hydrogen-bond donors (Lipinski definition) is 1. The van der Waals surface area contributed by atoms with E-state index in [9.17, 15) is 0 Å². The van der Waals surface area contributed by atoms with Crippen LogP contribution in [0.2, 0.25) is 0 Å². The number of rotatable bonds is 4. The number of ether oxygens (including phenoxy) is 1. The highest BCUT2D eigenvalue weighted by molar-refractivity contribution is 7.12. The summed E-state index contributed by atoms with van der Waals surface area (Å²) < 4.78 is 5.54. The fraction of sp³-hybridized carbons (Fsp3) is 0.667. The monoisotopic (exact) mass is 200 g/mol. The summed E-state index contributed by atoms with van der Waals surface area (Å²) in [6.45, 7) is 6.78. The summed E-state index contributed by atoms with van der Waals surface area (Å²) in [7, 11) is 0. The van der Waals surface area contributed by atoms with Crippen LogP contribution < -0.4 is 5.73 Å². The molecule has 0 saturated heterocycles. The molecule has 4 heteroatoms. The maximum Gasteiger partial charge on any atom is 0.137 e. The highest BCUT2D eigenvalue weighted by Gasteiger charge is 2.14. The van der Waals surface area contributed by atoms with Crippen LogP contribution in [-0.4, -0.2) is 11.6 Å². The molecule has 1 aromatic rings. The predicted molar refractivity (Wildman–Crippen MR) is 55.9 cm³/mol. The summed E-state index contributed by atoms with van der Waals surface area (Å²) in [5, 5.41) is 0.999. The van der Waals surface area contributed by atoms with Gasteiger partial charge in [-0.15, -0.1) is 11.3 Å². The lowest BCUT2D eigenvalue weighted by Gasteiger charge is -2.10. The molecule has 2 N–H and O–H groups in total. The van der Waals surface area contributed by atoms with Crippen molar-refractivity contribution in [2.45, 2.75) is 33.3 Å². The van der Waals surface area contributed by atoms with E-state index in [2.05, 4.69) is 11.9 Å². The van der Waals surface area contributed by atoms with Crippen LogP contribution in [-0.2, 0) is 4.74 Å². The molecule has 1 aromatic heterocycles. The lowest BCUT2D eigenvalue weighted by Crippen LogP contribution is -2.02. The number of anilines is 1. The lowest BCUT2D eigenvalue weighted by atomic mass is 10.3. The zero-order valence-electron chi connectivity index (χ0n) is 8.33. The topological polar surface area (TPSA) is 48.1 Å². The molecular weight excluding hydrogens is 184 g/mol. The second-order valence-corrected chi connectivity index (χ2v) is 4.08. The Morgan fingerprint density at radius 2 is 2.23 bits per heavy atom. The molecule has 13 heavy (non-hydrogen) atoms. The van der Waals surface area contributed by atoms with E-state index in [1.54, 1.807) is 11.3 Å². The van der Waals surface area contributed by atoms with E-state index >= 15 is 0 Å². The van der Waals surface area contributed by atoms with Crippen molar-refractivity contribution >= 4 is 17.2 Å². The van der Waals surface area contributed by atoms with Crippen LogP contribution in [0.5, 0.6) is 0 Å². The third kappa shape index (κ3) is 2.42. The van der Waals surface area contributed by atoms with Gasteiger partial charge in [-0.2, -0.15) is 0 Å². The molecule has 1 rings (SSSR count). The Kier molecular flexibility index (Phi) is 3.69. The molecule has 0 aromatic carbocycles. The van der Waals surface area contributed by atoms with E-state index in [0.717, 1.165) is 22.9 Å². The zero-order valence-corrected chi connectivity index (χ0v) is 9.15. The molecule has 0 amide bonds. The van der Waals surface area contributed by atoms with E-state index in [1.807, 2.05) is 13.8 Å². The highest BCUT2D eigenvalue weighted by atomic mass is 32.1. The summed E-state index contributed by atoms with van der Waals surface area (Å²) in [4.78, 5) is 5.35. The predicted octanol–water partition coefficient (Wildman–Crippen LogP) is 2.52. The van der Waals surface area contributed by atoms with Crippen LogP contribution in [0, 0.1) is 6.92 Å². The highest BCUT2D eigenvalue weighted by Crippen LogP contribution is 2.28.